The van der Waals surface area contributed by atoms with E-state index in [0.717, 1.165) is 17.0 Å². The van der Waals surface area contributed by atoms with Gasteiger partial charge in [-0.15, -0.1) is 0 Å². The number of methoxy groups -OCH3 is 3. The number of nitrogens with zero attached hydrogens (tertiary/aromatic N) is 1. The lowest BCUT2D eigenvalue weighted by molar-refractivity contribution is -0.219. The number of hydrogen-bond donors (Lipinski definition) is 1. The van der Waals surface area contributed by atoms with E-state index in [1.54, 1.807) is 21.3 Å². The summed E-state index contributed by atoms with van der Waals surface area (Å²) in [7, 11) is 4.99. The number of nitrogens with two attached hydrogens (primary N) is 1. The summed E-state index contributed by atoms with van der Waals surface area (Å²) >= 11 is 0. The van der Waals surface area contributed by atoms with Crippen molar-refractivity contribution in [3.8, 4) is 5.75 Å². The molecular weight excluding hydrogens is 232 g/mol. The standard InChI is InChI=1S/C13H20N2O3/c1-16-12-6-10(7-14)4-5-11(12)15-8-13(9-15,17-2)18-3/h4-6H,7-9,14H2,1-3H3. The van der Waals surface area contributed by atoms with Crippen LogP contribution in [0.15, 0.2) is 18.2 Å². The molecule has 1 aliphatic heterocycles. The molecule has 2 N–H and O–H groups in total. The molecule has 2 rings (SSSR count). The van der Waals surface area contributed by atoms with Crippen molar-refractivity contribution in [1.82, 2.24) is 0 Å². The number of rotatable bonds is 5. The van der Waals surface area contributed by atoms with Crippen LogP contribution >= 0.6 is 0 Å². The molecule has 1 saturated heterocycles. The molecule has 0 aromatic heterocycles. The summed E-state index contributed by atoms with van der Waals surface area (Å²) in [6.45, 7) is 1.90. The average Bonchev–Trinajstić information content (AvgIpc) is 2.38. The Bertz CT molecular complexity index is 411. The Morgan fingerprint density at radius 2 is 1.89 bits per heavy atom. The van der Waals surface area contributed by atoms with E-state index >= 15 is 0 Å². The molecular formula is C13H20N2O3. The first-order chi connectivity index (χ1) is 8.68. The van der Waals surface area contributed by atoms with Gasteiger partial charge in [-0.2, -0.15) is 0 Å². The Balaban J connectivity index is 2.16. The summed E-state index contributed by atoms with van der Waals surface area (Å²) in [5, 5.41) is 0. The Morgan fingerprint density at radius 1 is 1.22 bits per heavy atom. The Kier molecular flexibility index (Phi) is 3.75. The van der Waals surface area contributed by atoms with Gasteiger partial charge in [0.2, 0.25) is 5.79 Å². The number of anilines is 1. The first kappa shape index (κ1) is 13.1. The number of benzene rings is 1. The van der Waals surface area contributed by atoms with Crippen LogP contribution in [-0.2, 0) is 16.0 Å². The lowest BCUT2D eigenvalue weighted by atomic mass is 10.0. The van der Waals surface area contributed by atoms with Crippen LogP contribution < -0.4 is 15.4 Å². The fraction of sp³-hybridized carbons (Fsp3) is 0.538. The Labute approximate surface area is 107 Å². The monoisotopic (exact) mass is 252 g/mol. The van der Waals surface area contributed by atoms with Gasteiger partial charge in [-0.05, 0) is 17.7 Å². The molecule has 1 heterocycles. The summed E-state index contributed by atoms with van der Waals surface area (Å²) in [4.78, 5) is 2.16. The van der Waals surface area contributed by atoms with Crippen LogP contribution in [0.3, 0.4) is 0 Å². The van der Waals surface area contributed by atoms with Crippen molar-refractivity contribution in [2.75, 3.05) is 39.3 Å². The summed E-state index contributed by atoms with van der Waals surface area (Å²) < 4.78 is 16.1. The molecule has 1 aromatic carbocycles. The fourth-order valence-electron chi connectivity index (χ4n) is 2.16. The molecule has 100 valence electrons. The van der Waals surface area contributed by atoms with Gasteiger partial charge < -0.3 is 24.8 Å². The highest BCUT2D eigenvalue weighted by Crippen LogP contribution is 2.36. The van der Waals surface area contributed by atoms with E-state index in [9.17, 15) is 0 Å². The van der Waals surface area contributed by atoms with Crippen molar-refractivity contribution in [1.29, 1.82) is 0 Å². The molecule has 0 unspecified atom stereocenters. The molecule has 18 heavy (non-hydrogen) atoms. The van der Waals surface area contributed by atoms with Gasteiger partial charge in [0.25, 0.3) is 0 Å². The van der Waals surface area contributed by atoms with Crippen LogP contribution in [0.1, 0.15) is 5.56 Å². The molecule has 1 aliphatic rings. The molecule has 0 amide bonds. The third-order valence-electron chi connectivity index (χ3n) is 3.43. The predicted octanol–water partition coefficient (Wildman–Crippen LogP) is 0.963. The van der Waals surface area contributed by atoms with Gasteiger partial charge in [-0.25, -0.2) is 0 Å². The molecule has 0 bridgehead atoms. The van der Waals surface area contributed by atoms with Gasteiger partial charge in [-0.3, -0.25) is 0 Å². The van der Waals surface area contributed by atoms with Crippen molar-refractivity contribution < 1.29 is 14.2 Å². The van der Waals surface area contributed by atoms with Crippen molar-refractivity contribution in [2.24, 2.45) is 5.73 Å². The summed E-state index contributed by atoms with van der Waals surface area (Å²) in [6.07, 6.45) is 0. The minimum atomic E-state index is -0.489. The van der Waals surface area contributed by atoms with E-state index in [4.69, 9.17) is 19.9 Å². The second kappa shape index (κ2) is 5.14. The molecule has 5 heteroatoms. The fourth-order valence-corrected chi connectivity index (χ4v) is 2.16. The maximum atomic E-state index is 5.62. The van der Waals surface area contributed by atoms with E-state index in [1.807, 2.05) is 18.2 Å². The van der Waals surface area contributed by atoms with E-state index in [1.165, 1.54) is 0 Å². The van der Waals surface area contributed by atoms with E-state index in [2.05, 4.69) is 4.90 Å². The van der Waals surface area contributed by atoms with Crippen LogP contribution in [0.25, 0.3) is 0 Å². The molecule has 5 nitrogen and oxygen atoms in total. The highest BCUT2D eigenvalue weighted by atomic mass is 16.7. The first-order valence-corrected chi connectivity index (χ1v) is 5.90. The largest absolute Gasteiger partial charge is 0.495 e. The Hall–Kier alpha value is -1.30. The first-order valence-electron chi connectivity index (χ1n) is 5.90. The van der Waals surface area contributed by atoms with E-state index in [0.29, 0.717) is 19.6 Å². The maximum absolute atomic E-state index is 5.62. The van der Waals surface area contributed by atoms with Gasteiger partial charge in [0.1, 0.15) is 5.75 Å². The van der Waals surface area contributed by atoms with Crippen LogP contribution in [0.4, 0.5) is 5.69 Å². The zero-order valence-corrected chi connectivity index (χ0v) is 11.1. The third-order valence-corrected chi connectivity index (χ3v) is 3.43. The zero-order chi connectivity index (χ0) is 13.2. The third kappa shape index (κ3) is 2.16. The van der Waals surface area contributed by atoms with Crippen LogP contribution in [-0.4, -0.2) is 40.2 Å². The van der Waals surface area contributed by atoms with Crippen molar-refractivity contribution >= 4 is 5.69 Å². The molecule has 0 atom stereocenters. The minimum absolute atomic E-state index is 0.489. The molecule has 0 aliphatic carbocycles. The topological polar surface area (TPSA) is 57.0 Å². The van der Waals surface area contributed by atoms with Crippen LogP contribution in [0.5, 0.6) is 5.75 Å². The summed E-state index contributed by atoms with van der Waals surface area (Å²) in [5.41, 5.74) is 7.72. The highest BCUT2D eigenvalue weighted by Gasteiger charge is 2.44. The highest BCUT2D eigenvalue weighted by molar-refractivity contribution is 5.62. The second-order valence-corrected chi connectivity index (χ2v) is 4.39. The maximum Gasteiger partial charge on any atom is 0.203 e. The van der Waals surface area contributed by atoms with E-state index in [-0.39, 0.29) is 0 Å². The van der Waals surface area contributed by atoms with Gasteiger partial charge in [-0.1, -0.05) is 6.07 Å². The molecule has 0 saturated carbocycles. The molecule has 1 aromatic rings. The molecule has 0 radical (unpaired) electrons. The quantitative estimate of drug-likeness (QED) is 0.791. The number of hydrogen-bond acceptors (Lipinski definition) is 5. The average molecular weight is 252 g/mol. The van der Waals surface area contributed by atoms with Crippen molar-refractivity contribution in [3.63, 3.8) is 0 Å². The number of ether oxygens (including phenoxy) is 3. The minimum Gasteiger partial charge on any atom is -0.495 e. The zero-order valence-electron chi connectivity index (χ0n) is 11.1. The van der Waals surface area contributed by atoms with Gasteiger partial charge in [0.05, 0.1) is 25.9 Å². The summed E-state index contributed by atoms with van der Waals surface area (Å²) in [5.74, 6) is 0.344. The lowest BCUT2D eigenvalue weighted by Gasteiger charge is -2.48. The summed E-state index contributed by atoms with van der Waals surface area (Å²) in [6, 6.07) is 6.00. The SMILES string of the molecule is COc1cc(CN)ccc1N1CC(OC)(OC)C1. The molecule has 0 spiro atoms. The van der Waals surface area contributed by atoms with Crippen LogP contribution in [0.2, 0.25) is 0 Å². The van der Waals surface area contributed by atoms with Crippen molar-refractivity contribution in [3.05, 3.63) is 23.8 Å². The predicted molar refractivity (Wildman–Crippen MR) is 69.8 cm³/mol. The second-order valence-electron chi connectivity index (χ2n) is 4.39. The molecule has 1 fully saturated rings. The smallest absolute Gasteiger partial charge is 0.203 e. The van der Waals surface area contributed by atoms with E-state index < -0.39 is 5.79 Å². The van der Waals surface area contributed by atoms with Crippen LogP contribution in [0, 0.1) is 0 Å². The Morgan fingerprint density at radius 3 is 2.39 bits per heavy atom. The lowest BCUT2D eigenvalue weighted by Crippen LogP contribution is -2.64. The van der Waals surface area contributed by atoms with Crippen molar-refractivity contribution in [2.45, 2.75) is 12.3 Å². The van der Waals surface area contributed by atoms with Gasteiger partial charge in [0.15, 0.2) is 0 Å². The van der Waals surface area contributed by atoms with Gasteiger partial charge >= 0.3 is 0 Å². The normalized spacial score (nSPS) is 17.4. The van der Waals surface area contributed by atoms with Gasteiger partial charge in [0, 0.05) is 20.8 Å².